The van der Waals surface area contributed by atoms with Crippen molar-refractivity contribution >= 4 is 28.3 Å². The van der Waals surface area contributed by atoms with Gasteiger partial charge in [-0.3, -0.25) is 4.98 Å². The van der Waals surface area contributed by atoms with E-state index in [1.54, 1.807) is 18.5 Å². The third-order valence-corrected chi connectivity index (χ3v) is 1.89. The van der Waals surface area contributed by atoms with Crippen LogP contribution in [-0.2, 0) is 0 Å². The number of pyridine rings is 2. The molecule has 0 atom stereocenters. The minimum atomic E-state index is 0.417. The molecule has 2 aromatic rings. The van der Waals surface area contributed by atoms with Gasteiger partial charge in [0.05, 0.1) is 16.7 Å². The Hall–Kier alpha value is -1.35. The smallest absolute Gasteiger partial charge is 0.125 e. The van der Waals surface area contributed by atoms with Gasteiger partial charge in [0.15, 0.2) is 0 Å². The molecule has 0 bridgehead atoms. The standard InChI is InChI=1S/C8H6ClN3/c9-6-3-8(10)12-7-4-11-2-1-5(6)7/h1-4H,(H2,10,12). The molecule has 0 spiro atoms. The van der Waals surface area contributed by atoms with E-state index in [1.165, 1.54) is 0 Å². The molecule has 60 valence electrons. The summed E-state index contributed by atoms with van der Waals surface area (Å²) in [6, 6.07) is 3.44. The fourth-order valence-corrected chi connectivity index (χ4v) is 1.33. The third-order valence-electron chi connectivity index (χ3n) is 1.58. The number of fused-ring (bicyclic) bond motifs is 1. The zero-order valence-electron chi connectivity index (χ0n) is 6.16. The molecule has 0 aliphatic rings. The van der Waals surface area contributed by atoms with Crippen LogP contribution >= 0.6 is 11.6 Å². The maximum absolute atomic E-state index is 5.91. The van der Waals surface area contributed by atoms with Crippen molar-refractivity contribution in [3.05, 3.63) is 29.5 Å². The molecule has 2 heterocycles. The Bertz CT molecular complexity index is 428. The predicted molar refractivity (Wildman–Crippen MR) is 49.0 cm³/mol. The van der Waals surface area contributed by atoms with Crippen molar-refractivity contribution in [1.82, 2.24) is 9.97 Å². The van der Waals surface area contributed by atoms with Gasteiger partial charge < -0.3 is 5.73 Å². The lowest BCUT2D eigenvalue weighted by Crippen LogP contribution is -1.90. The maximum Gasteiger partial charge on any atom is 0.125 e. The molecule has 0 radical (unpaired) electrons. The summed E-state index contributed by atoms with van der Waals surface area (Å²) in [6.07, 6.45) is 3.31. The van der Waals surface area contributed by atoms with Crippen molar-refractivity contribution < 1.29 is 0 Å². The number of nitrogens with two attached hydrogens (primary N) is 1. The molecular formula is C8H6ClN3. The largest absolute Gasteiger partial charge is 0.384 e. The van der Waals surface area contributed by atoms with Crippen LogP contribution in [-0.4, -0.2) is 9.97 Å². The lowest BCUT2D eigenvalue weighted by Gasteiger charge is -1.99. The molecule has 2 rings (SSSR count). The highest BCUT2D eigenvalue weighted by Gasteiger charge is 2.00. The highest BCUT2D eigenvalue weighted by molar-refractivity contribution is 6.35. The van der Waals surface area contributed by atoms with E-state index >= 15 is 0 Å². The van der Waals surface area contributed by atoms with Crippen molar-refractivity contribution in [1.29, 1.82) is 0 Å². The van der Waals surface area contributed by atoms with Crippen LogP contribution in [0.3, 0.4) is 0 Å². The second-order valence-electron chi connectivity index (χ2n) is 2.42. The topological polar surface area (TPSA) is 51.8 Å². The fraction of sp³-hybridized carbons (Fsp3) is 0. The summed E-state index contributed by atoms with van der Waals surface area (Å²) >= 11 is 5.91. The number of nitrogens with zero attached hydrogens (tertiary/aromatic N) is 2. The quantitative estimate of drug-likeness (QED) is 0.672. The van der Waals surface area contributed by atoms with Gasteiger partial charge >= 0.3 is 0 Å². The van der Waals surface area contributed by atoms with E-state index in [-0.39, 0.29) is 0 Å². The van der Waals surface area contributed by atoms with Gasteiger partial charge in [-0.1, -0.05) is 11.6 Å². The van der Waals surface area contributed by atoms with Gasteiger partial charge in [0, 0.05) is 11.6 Å². The van der Waals surface area contributed by atoms with Crippen LogP contribution in [0.15, 0.2) is 24.5 Å². The molecule has 0 aliphatic heterocycles. The van der Waals surface area contributed by atoms with E-state index in [0.29, 0.717) is 10.8 Å². The second-order valence-corrected chi connectivity index (χ2v) is 2.83. The zero-order chi connectivity index (χ0) is 8.55. The Morgan fingerprint density at radius 3 is 3.08 bits per heavy atom. The van der Waals surface area contributed by atoms with Crippen molar-refractivity contribution in [2.45, 2.75) is 0 Å². The molecule has 0 saturated heterocycles. The molecule has 2 aromatic heterocycles. The van der Waals surface area contributed by atoms with Gasteiger partial charge in [0.2, 0.25) is 0 Å². The average Bonchev–Trinajstić information content (AvgIpc) is 2.04. The first-order valence-corrected chi connectivity index (χ1v) is 3.81. The van der Waals surface area contributed by atoms with Crippen molar-refractivity contribution in [3.8, 4) is 0 Å². The summed E-state index contributed by atoms with van der Waals surface area (Å²) in [5, 5.41) is 1.49. The van der Waals surface area contributed by atoms with Crippen LogP contribution in [0.25, 0.3) is 10.9 Å². The lowest BCUT2D eigenvalue weighted by atomic mass is 10.2. The summed E-state index contributed by atoms with van der Waals surface area (Å²) in [7, 11) is 0. The molecule has 12 heavy (non-hydrogen) atoms. The second kappa shape index (κ2) is 2.60. The van der Waals surface area contributed by atoms with Gasteiger partial charge in [-0.05, 0) is 12.1 Å². The van der Waals surface area contributed by atoms with E-state index in [1.807, 2.05) is 6.07 Å². The van der Waals surface area contributed by atoms with Crippen LogP contribution in [0.5, 0.6) is 0 Å². The molecule has 0 fully saturated rings. The molecule has 0 unspecified atom stereocenters. The minimum absolute atomic E-state index is 0.417. The molecule has 0 amide bonds. The van der Waals surface area contributed by atoms with E-state index in [9.17, 15) is 0 Å². The van der Waals surface area contributed by atoms with Crippen molar-refractivity contribution in [3.63, 3.8) is 0 Å². The number of aromatic nitrogens is 2. The van der Waals surface area contributed by atoms with Crippen LogP contribution in [0.1, 0.15) is 0 Å². The summed E-state index contributed by atoms with van der Waals surface area (Å²) in [5.41, 5.74) is 6.23. The summed E-state index contributed by atoms with van der Waals surface area (Å²) in [6.45, 7) is 0. The Labute approximate surface area is 74.2 Å². The fourth-order valence-electron chi connectivity index (χ4n) is 1.06. The van der Waals surface area contributed by atoms with Crippen LogP contribution in [0.2, 0.25) is 5.02 Å². The number of hydrogen-bond donors (Lipinski definition) is 1. The number of hydrogen-bond acceptors (Lipinski definition) is 3. The average molecular weight is 180 g/mol. The Morgan fingerprint density at radius 2 is 2.25 bits per heavy atom. The van der Waals surface area contributed by atoms with Gasteiger partial charge in [0.25, 0.3) is 0 Å². The van der Waals surface area contributed by atoms with Crippen molar-refractivity contribution in [2.24, 2.45) is 0 Å². The number of nitrogen functional groups attached to an aromatic ring is 1. The number of rotatable bonds is 0. The summed E-state index contributed by atoms with van der Waals surface area (Å²) in [4.78, 5) is 7.99. The van der Waals surface area contributed by atoms with Crippen LogP contribution < -0.4 is 5.73 Å². The predicted octanol–water partition coefficient (Wildman–Crippen LogP) is 1.87. The number of anilines is 1. The molecule has 0 aliphatic carbocycles. The number of halogens is 1. The Kier molecular flexibility index (Phi) is 1.59. The van der Waals surface area contributed by atoms with Crippen LogP contribution in [0.4, 0.5) is 5.82 Å². The third kappa shape index (κ3) is 1.08. The summed E-state index contributed by atoms with van der Waals surface area (Å²) < 4.78 is 0. The summed E-state index contributed by atoms with van der Waals surface area (Å²) in [5.74, 6) is 0.417. The first-order chi connectivity index (χ1) is 5.77. The van der Waals surface area contributed by atoms with Gasteiger partial charge in [-0.2, -0.15) is 0 Å². The zero-order valence-corrected chi connectivity index (χ0v) is 6.92. The molecule has 0 saturated carbocycles. The molecule has 3 nitrogen and oxygen atoms in total. The minimum Gasteiger partial charge on any atom is -0.384 e. The SMILES string of the molecule is Nc1cc(Cl)c2ccncc2n1. The van der Waals surface area contributed by atoms with Gasteiger partial charge in [-0.15, -0.1) is 0 Å². The highest BCUT2D eigenvalue weighted by atomic mass is 35.5. The first kappa shape index (κ1) is 7.31. The monoisotopic (exact) mass is 179 g/mol. The van der Waals surface area contributed by atoms with E-state index in [0.717, 1.165) is 10.9 Å². The van der Waals surface area contributed by atoms with E-state index in [4.69, 9.17) is 17.3 Å². The Morgan fingerprint density at radius 1 is 1.42 bits per heavy atom. The molecular weight excluding hydrogens is 174 g/mol. The van der Waals surface area contributed by atoms with Crippen LogP contribution in [0, 0.1) is 0 Å². The maximum atomic E-state index is 5.91. The van der Waals surface area contributed by atoms with Gasteiger partial charge in [0.1, 0.15) is 5.82 Å². The van der Waals surface area contributed by atoms with Crippen molar-refractivity contribution in [2.75, 3.05) is 5.73 Å². The molecule has 4 heteroatoms. The first-order valence-electron chi connectivity index (χ1n) is 3.43. The van der Waals surface area contributed by atoms with Gasteiger partial charge in [-0.25, -0.2) is 4.98 Å². The van der Waals surface area contributed by atoms with E-state index in [2.05, 4.69) is 9.97 Å². The Balaban J connectivity index is 2.89. The normalized spacial score (nSPS) is 10.4. The molecule has 2 N–H and O–H groups in total. The highest BCUT2D eigenvalue weighted by Crippen LogP contribution is 2.22. The van der Waals surface area contributed by atoms with E-state index < -0.39 is 0 Å². The lowest BCUT2D eigenvalue weighted by molar-refractivity contribution is 1.31. The molecule has 0 aromatic carbocycles.